The van der Waals surface area contributed by atoms with Gasteiger partial charge in [0.25, 0.3) is 0 Å². The number of hydrogen-bond acceptors (Lipinski definition) is 28. The van der Waals surface area contributed by atoms with Crippen LogP contribution in [0.3, 0.4) is 0 Å². The van der Waals surface area contributed by atoms with E-state index in [2.05, 4.69) is 69.2 Å². The lowest BCUT2D eigenvalue weighted by Crippen LogP contribution is -2.65. The Morgan fingerprint density at radius 1 is 0.355 bits per heavy atom. The monoisotopic (exact) mass is 1570 g/mol. The van der Waals surface area contributed by atoms with Crippen LogP contribution in [0.5, 0.6) is 0 Å². The van der Waals surface area contributed by atoms with Crippen molar-refractivity contribution < 1.29 is 139 Å². The molecule has 0 aromatic carbocycles. The van der Waals surface area contributed by atoms with Gasteiger partial charge in [-0.2, -0.15) is 0 Å². The van der Waals surface area contributed by atoms with Gasteiger partial charge in [-0.15, -0.1) is 0 Å². The second kappa shape index (κ2) is 27.7. The van der Waals surface area contributed by atoms with Crippen molar-refractivity contribution >= 4 is 0 Å². The smallest absolute Gasteiger partial charge is 0.186 e. The molecular weight excluding hydrogens is 1430 g/mol. The van der Waals surface area contributed by atoms with Crippen LogP contribution in [0.25, 0.3) is 0 Å². The van der Waals surface area contributed by atoms with E-state index in [0.717, 1.165) is 64.2 Å². The Bertz CT molecular complexity index is 3120. The van der Waals surface area contributed by atoms with E-state index in [0.29, 0.717) is 51.4 Å². The largest absolute Gasteiger partial charge is 0.394 e. The first kappa shape index (κ1) is 83.9. The summed E-state index contributed by atoms with van der Waals surface area (Å²) in [5.41, 5.74) is -6.31. The summed E-state index contributed by atoms with van der Waals surface area (Å²) in [6.45, 7) is 27.7. The molecule has 0 aromatic heterocycles. The van der Waals surface area contributed by atoms with Gasteiger partial charge in [0.15, 0.2) is 25.2 Å². The van der Waals surface area contributed by atoms with E-state index in [9.17, 15) is 91.9 Å². The predicted octanol–water partition coefficient (Wildman–Crippen LogP) is 1.45. The molecule has 632 valence electrons. The quantitative estimate of drug-likeness (QED) is 0.109. The van der Waals surface area contributed by atoms with Crippen molar-refractivity contribution in [2.24, 2.45) is 89.7 Å². The van der Waals surface area contributed by atoms with Crippen molar-refractivity contribution in [3.8, 4) is 0 Å². The van der Waals surface area contributed by atoms with Crippen molar-refractivity contribution in [3.63, 3.8) is 0 Å². The Labute approximate surface area is 647 Å². The van der Waals surface area contributed by atoms with Gasteiger partial charge in [-0.3, -0.25) is 0 Å². The van der Waals surface area contributed by atoms with Crippen LogP contribution in [0.2, 0.25) is 0 Å². The molecule has 16 fully saturated rings. The van der Waals surface area contributed by atoms with Gasteiger partial charge < -0.3 is 139 Å². The molecule has 10 aliphatic carbocycles. The summed E-state index contributed by atoms with van der Waals surface area (Å²) in [6, 6.07) is 0. The zero-order valence-corrected chi connectivity index (χ0v) is 67.2. The summed E-state index contributed by atoms with van der Waals surface area (Å²) in [5.74, 6) is -0.429. The summed E-state index contributed by atoms with van der Waals surface area (Å²) in [4.78, 5) is 0. The van der Waals surface area contributed by atoms with Gasteiger partial charge in [0.05, 0.1) is 97.7 Å². The fourth-order valence-corrected chi connectivity index (χ4v) is 29.7. The van der Waals surface area contributed by atoms with Gasteiger partial charge >= 0.3 is 0 Å². The van der Waals surface area contributed by atoms with Gasteiger partial charge in [0.2, 0.25) is 0 Å². The third-order valence-corrected chi connectivity index (χ3v) is 35.2. The Morgan fingerprint density at radius 2 is 0.700 bits per heavy atom. The van der Waals surface area contributed by atoms with Crippen LogP contribution < -0.4 is 0 Å². The molecule has 42 atom stereocenters. The molecule has 10 saturated carbocycles. The number of aliphatic hydroxyl groups excluding tert-OH is 16. The summed E-state index contributed by atoms with van der Waals surface area (Å²) < 4.78 is 63.8. The molecule has 0 unspecified atom stereocenters. The van der Waals surface area contributed by atoms with E-state index in [1.54, 1.807) is 27.7 Å². The molecule has 6 saturated heterocycles. The SMILES string of the molecule is CC(C)(O)[C@H]1CC[C@@](C)([C@H]2[C@@H](O)C[C@@]3(C)[C@@H]4C[C@H](O[C@@H]5O[C@H](CO)[C@@H](O)[C@H](O)[C@H]5O)[C@H]5C(C)(C)[C@@H](O[C@@H]6OC[C@@H](O)[C@H](O)[C@H]6O)CC[C@@]56C[C@@]46CC[C@]23C)O1.CC(C)(O)[C@H]1CC[C@@](C)([C@H]2[C@@H](O)C[C@@]3(C)[C@@H]4C[C@H](O[C@@H]5O[C@H](CO)[C@@H](O)[C@H](O)[C@H]5O)[C@H]5C(C)(C)[C@@H](O[C@@H]6OC[C@@H](O)[C@H](O)[C@H]6O)CC[C@@]56C[C@@]46CC[C@]23C)O1. The van der Waals surface area contributed by atoms with E-state index >= 15 is 0 Å². The molecule has 6 aliphatic heterocycles. The highest BCUT2D eigenvalue weighted by atomic mass is 16.7. The minimum absolute atomic E-state index is 0.0633. The van der Waals surface area contributed by atoms with Crippen molar-refractivity contribution in [2.75, 3.05) is 26.4 Å². The zero-order valence-electron chi connectivity index (χ0n) is 67.2. The first-order chi connectivity index (χ1) is 51.0. The van der Waals surface area contributed by atoms with Crippen molar-refractivity contribution in [1.29, 1.82) is 0 Å². The van der Waals surface area contributed by atoms with Crippen LogP contribution in [0.4, 0.5) is 0 Å². The molecule has 110 heavy (non-hydrogen) atoms. The molecule has 16 rings (SSSR count). The van der Waals surface area contributed by atoms with Crippen LogP contribution in [0, 0.1) is 89.7 Å². The third kappa shape index (κ3) is 12.1. The topological polar surface area (TPSA) is 456 Å². The normalized spacial score (nSPS) is 58.7. The zero-order chi connectivity index (χ0) is 80.1. The lowest BCUT2D eigenvalue weighted by Gasteiger charge is -2.65. The minimum Gasteiger partial charge on any atom is -0.394 e. The molecule has 0 radical (unpaired) electrons. The maximum absolute atomic E-state index is 12.2. The average Bonchev–Trinajstić information content (AvgIpc) is 1.46. The van der Waals surface area contributed by atoms with Gasteiger partial charge in [-0.1, -0.05) is 55.4 Å². The van der Waals surface area contributed by atoms with Crippen LogP contribution in [0.15, 0.2) is 0 Å². The highest BCUT2D eigenvalue weighted by Gasteiger charge is 2.88. The fraction of sp³-hybridized carbons (Fsp3) is 1.00. The highest BCUT2D eigenvalue weighted by Crippen LogP contribution is 2.92. The van der Waals surface area contributed by atoms with E-state index in [1.165, 1.54) is 0 Å². The molecule has 18 N–H and O–H groups in total. The second-order valence-corrected chi connectivity index (χ2v) is 42.1. The molecule has 0 aromatic rings. The molecule has 6 heterocycles. The Kier molecular flexibility index (Phi) is 21.1. The maximum Gasteiger partial charge on any atom is 0.186 e. The van der Waals surface area contributed by atoms with E-state index in [1.807, 2.05) is 0 Å². The fourth-order valence-electron chi connectivity index (χ4n) is 29.7. The van der Waals surface area contributed by atoms with Crippen molar-refractivity contribution in [2.45, 2.75) is 394 Å². The first-order valence-electron chi connectivity index (χ1n) is 41.7. The van der Waals surface area contributed by atoms with Crippen molar-refractivity contribution in [1.82, 2.24) is 0 Å². The summed E-state index contributed by atoms with van der Waals surface area (Å²) in [6.07, 6.45) is -15.0. The molecule has 0 amide bonds. The van der Waals surface area contributed by atoms with Gasteiger partial charge in [-0.25, -0.2) is 0 Å². The van der Waals surface area contributed by atoms with Gasteiger partial charge in [-0.05, 0) is 235 Å². The third-order valence-electron chi connectivity index (χ3n) is 35.2. The van der Waals surface area contributed by atoms with E-state index in [-0.39, 0.29) is 104 Å². The average molecular weight is 1570 g/mol. The molecule has 28 nitrogen and oxygen atoms in total. The van der Waals surface area contributed by atoms with Gasteiger partial charge in [0, 0.05) is 11.8 Å². The lowest BCUT2D eigenvalue weighted by atomic mass is 9.41. The molecule has 28 heteroatoms. The summed E-state index contributed by atoms with van der Waals surface area (Å²) in [5, 5.41) is 194. The minimum atomic E-state index is -1.60. The first-order valence-corrected chi connectivity index (χ1v) is 41.7. The van der Waals surface area contributed by atoms with Crippen LogP contribution in [-0.4, -0.2) is 300 Å². The van der Waals surface area contributed by atoms with E-state index in [4.69, 9.17) is 47.4 Å². The number of ether oxygens (including phenoxy) is 10. The second-order valence-electron chi connectivity index (χ2n) is 42.1. The summed E-state index contributed by atoms with van der Waals surface area (Å²) in [7, 11) is 0. The number of fused-ring (bicyclic) bond motifs is 4. The number of hydrogen-bond donors (Lipinski definition) is 18. The molecule has 4 spiro atoms. The molecule has 16 aliphatic rings. The van der Waals surface area contributed by atoms with Crippen LogP contribution in [0.1, 0.15) is 213 Å². The maximum atomic E-state index is 12.2. The Balaban J connectivity index is 0.000000175. The number of aliphatic hydroxyl groups is 18. The van der Waals surface area contributed by atoms with E-state index < -0.39 is 194 Å². The van der Waals surface area contributed by atoms with Gasteiger partial charge in [0.1, 0.15) is 85.5 Å². The van der Waals surface area contributed by atoms with Crippen LogP contribution in [-0.2, 0) is 47.4 Å². The molecule has 0 bridgehead atoms. The predicted molar refractivity (Wildman–Crippen MR) is 387 cm³/mol. The molecular formula is C82H136O28. The standard InChI is InChI=1S/2C41H68O14/c2*1-35(2)24(54-33-29(48)26(45)20(44)17-51-33)9-11-41-18-40(41)13-12-37(5)31(39(7)10-8-25(55-39)36(3,4)50)19(43)15-38(37,6)23(40)14-21(32(35)41)52-34-30(49)28(47)27(46)22(16-42)53-34/h2*19-34,42-50H,8-18H2,1-7H3/t2*19-,20+,21-,22+,23-,24-,25+,26-,27+,28-,29+,30+,31-,32-,33-,34+,37+,38-,39-,40-,41+/m00/s1. The Hall–Kier alpha value is -1.12. The summed E-state index contributed by atoms with van der Waals surface area (Å²) >= 11 is 0. The highest BCUT2D eigenvalue weighted by molar-refractivity contribution is 5.36. The lowest BCUT2D eigenvalue weighted by molar-refractivity contribution is -0.339. The number of rotatable bonds is 14. The van der Waals surface area contributed by atoms with Crippen molar-refractivity contribution in [3.05, 3.63) is 0 Å². The van der Waals surface area contributed by atoms with Crippen LogP contribution >= 0.6 is 0 Å². The Morgan fingerprint density at radius 3 is 1.03 bits per heavy atom.